The van der Waals surface area contributed by atoms with E-state index in [2.05, 4.69) is 15.6 Å². The lowest BCUT2D eigenvalue weighted by atomic mass is 10.2. The molecule has 0 radical (unpaired) electrons. The molecule has 0 spiro atoms. The first-order valence-corrected chi connectivity index (χ1v) is 8.92. The molecule has 2 N–H and O–H groups in total. The van der Waals surface area contributed by atoms with E-state index in [4.69, 9.17) is 9.47 Å². The van der Waals surface area contributed by atoms with E-state index in [0.29, 0.717) is 29.3 Å². The summed E-state index contributed by atoms with van der Waals surface area (Å²) in [6.45, 7) is 0.395. The monoisotopic (exact) mass is 391 g/mol. The number of hydrogen-bond acceptors (Lipinski definition) is 5. The fourth-order valence-corrected chi connectivity index (χ4v) is 2.66. The molecule has 2 aromatic carbocycles. The Hall–Kier alpha value is -3.87. The fourth-order valence-electron chi connectivity index (χ4n) is 2.66. The van der Waals surface area contributed by atoms with E-state index < -0.39 is 5.91 Å². The van der Waals surface area contributed by atoms with Crippen LogP contribution in [0.3, 0.4) is 0 Å². The van der Waals surface area contributed by atoms with Crippen molar-refractivity contribution < 1.29 is 19.1 Å². The maximum Gasteiger partial charge on any atom is 0.274 e. The number of anilines is 1. The molecular formula is C22H21N3O4. The normalized spacial score (nSPS) is 10.1. The molecule has 0 fully saturated rings. The highest BCUT2D eigenvalue weighted by Gasteiger charge is 2.14. The molecule has 3 rings (SSSR count). The summed E-state index contributed by atoms with van der Waals surface area (Å²) in [6, 6.07) is 17.6. The highest BCUT2D eigenvalue weighted by Crippen LogP contribution is 2.29. The summed E-state index contributed by atoms with van der Waals surface area (Å²) in [5.41, 5.74) is 1.93. The van der Waals surface area contributed by atoms with Gasteiger partial charge in [-0.15, -0.1) is 0 Å². The van der Waals surface area contributed by atoms with Gasteiger partial charge in [0.2, 0.25) is 0 Å². The van der Waals surface area contributed by atoms with Crippen LogP contribution in [0.5, 0.6) is 11.5 Å². The van der Waals surface area contributed by atoms with E-state index in [0.717, 1.165) is 5.56 Å². The van der Waals surface area contributed by atoms with Crippen LogP contribution < -0.4 is 20.1 Å². The van der Waals surface area contributed by atoms with Crippen LogP contribution in [-0.4, -0.2) is 31.0 Å². The third kappa shape index (κ3) is 5.10. The molecule has 0 atom stereocenters. The number of pyridine rings is 1. The number of carbonyl (C=O) groups is 2. The topological polar surface area (TPSA) is 89.5 Å². The van der Waals surface area contributed by atoms with Crippen molar-refractivity contribution in [3.63, 3.8) is 0 Å². The van der Waals surface area contributed by atoms with Crippen LogP contribution >= 0.6 is 0 Å². The van der Waals surface area contributed by atoms with E-state index in [-0.39, 0.29) is 11.6 Å². The van der Waals surface area contributed by atoms with Crippen LogP contribution in [0.1, 0.15) is 26.4 Å². The van der Waals surface area contributed by atoms with Gasteiger partial charge in [0, 0.05) is 24.4 Å². The number of hydrogen-bond donors (Lipinski definition) is 2. The molecule has 7 heteroatoms. The highest BCUT2D eigenvalue weighted by atomic mass is 16.5. The molecule has 0 aliphatic rings. The molecule has 0 unspecified atom stereocenters. The van der Waals surface area contributed by atoms with Crippen LogP contribution in [0.25, 0.3) is 0 Å². The number of benzene rings is 2. The van der Waals surface area contributed by atoms with Gasteiger partial charge in [0.1, 0.15) is 17.2 Å². The molecule has 148 valence electrons. The van der Waals surface area contributed by atoms with Gasteiger partial charge in [-0.25, -0.2) is 0 Å². The Morgan fingerprint density at radius 1 is 0.931 bits per heavy atom. The van der Waals surface area contributed by atoms with Crippen molar-refractivity contribution in [1.82, 2.24) is 10.3 Å². The zero-order chi connectivity index (χ0) is 20.6. The molecule has 0 aliphatic carbocycles. The summed E-state index contributed by atoms with van der Waals surface area (Å²) in [6.07, 6.45) is 1.43. The molecule has 29 heavy (non-hydrogen) atoms. The quantitative estimate of drug-likeness (QED) is 0.645. The van der Waals surface area contributed by atoms with E-state index >= 15 is 0 Å². The minimum Gasteiger partial charge on any atom is -0.497 e. The van der Waals surface area contributed by atoms with Gasteiger partial charge in [-0.1, -0.05) is 30.3 Å². The fraction of sp³-hybridized carbons (Fsp3) is 0.136. The first-order valence-electron chi connectivity index (χ1n) is 8.92. The minimum atomic E-state index is -0.453. The van der Waals surface area contributed by atoms with Crippen molar-refractivity contribution >= 4 is 17.5 Å². The van der Waals surface area contributed by atoms with E-state index in [1.54, 1.807) is 31.4 Å². The van der Waals surface area contributed by atoms with Crippen LogP contribution in [0, 0.1) is 0 Å². The Morgan fingerprint density at radius 2 is 1.72 bits per heavy atom. The number of rotatable bonds is 7. The van der Waals surface area contributed by atoms with Gasteiger partial charge in [-0.3, -0.25) is 14.6 Å². The lowest BCUT2D eigenvalue weighted by molar-refractivity contribution is 0.0951. The summed E-state index contributed by atoms with van der Waals surface area (Å²) in [7, 11) is 3.05. The number of nitrogens with one attached hydrogen (secondary N) is 2. The molecule has 1 heterocycles. The third-order valence-electron chi connectivity index (χ3n) is 4.21. The van der Waals surface area contributed by atoms with Gasteiger partial charge in [-0.05, 0) is 29.8 Å². The van der Waals surface area contributed by atoms with Crippen molar-refractivity contribution in [2.45, 2.75) is 6.54 Å². The van der Waals surface area contributed by atoms with Gasteiger partial charge < -0.3 is 20.1 Å². The Morgan fingerprint density at radius 3 is 2.45 bits per heavy atom. The van der Waals surface area contributed by atoms with Crippen molar-refractivity contribution in [2.24, 2.45) is 0 Å². The third-order valence-corrected chi connectivity index (χ3v) is 4.21. The number of carbonyl (C=O) groups excluding carboxylic acids is 2. The summed E-state index contributed by atoms with van der Waals surface area (Å²) in [4.78, 5) is 29.1. The maximum absolute atomic E-state index is 12.6. The van der Waals surface area contributed by atoms with E-state index in [1.165, 1.54) is 19.4 Å². The average molecular weight is 391 g/mol. The summed E-state index contributed by atoms with van der Waals surface area (Å²) in [5.74, 6) is 0.322. The van der Waals surface area contributed by atoms with Gasteiger partial charge in [-0.2, -0.15) is 0 Å². The van der Waals surface area contributed by atoms with E-state index in [9.17, 15) is 9.59 Å². The molecule has 0 saturated heterocycles. The first kappa shape index (κ1) is 19.9. The van der Waals surface area contributed by atoms with Gasteiger partial charge in [0.25, 0.3) is 11.8 Å². The Kier molecular flexibility index (Phi) is 6.42. The maximum atomic E-state index is 12.6. The molecule has 0 saturated carbocycles. The van der Waals surface area contributed by atoms with Crippen molar-refractivity contribution in [3.05, 3.63) is 83.7 Å². The minimum absolute atomic E-state index is 0.121. The van der Waals surface area contributed by atoms with Crippen molar-refractivity contribution in [2.75, 3.05) is 19.5 Å². The lowest BCUT2D eigenvalue weighted by Gasteiger charge is -2.12. The molecule has 0 bridgehead atoms. The number of ether oxygens (including phenoxy) is 2. The average Bonchev–Trinajstić information content (AvgIpc) is 2.78. The zero-order valence-corrected chi connectivity index (χ0v) is 16.1. The number of aromatic nitrogens is 1. The van der Waals surface area contributed by atoms with Crippen molar-refractivity contribution in [3.8, 4) is 11.5 Å². The van der Waals surface area contributed by atoms with Crippen LogP contribution in [0.4, 0.5) is 5.69 Å². The smallest absolute Gasteiger partial charge is 0.274 e. The van der Waals surface area contributed by atoms with Crippen LogP contribution in [0.2, 0.25) is 0 Å². The van der Waals surface area contributed by atoms with Gasteiger partial charge in [0.05, 0.1) is 19.9 Å². The predicted molar refractivity (Wildman–Crippen MR) is 109 cm³/mol. The number of nitrogens with zero attached hydrogens (tertiary/aromatic N) is 1. The molecule has 1 aromatic heterocycles. The summed E-state index contributed by atoms with van der Waals surface area (Å²) in [5, 5.41) is 5.57. The van der Waals surface area contributed by atoms with E-state index in [1.807, 2.05) is 30.3 Å². The number of amides is 2. The van der Waals surface area contributed by atoms with Crippen LogP contribution in [-0.2, 0) is 6.54 Å². The van der Waals surface area contributed by atoms with Crippen LogP contribution in [0.15, 0.2) is 66.9 Å². The molecule has 7 nitrogen and oxygen atoms in total. The highest BCUT2D eigenvalue weighted by molar-refractivity contribution is 6.05. The van der Waals surface area contributed by atoms with Crippen molar-refractivity contribution in [1.29, 1.82) is 0 Å². The Bertz CT molecular complexity index is 1010. The zero-order valence-electron chi connectivity index (χ0n) is 16.1. The number of methoxy groups -OCH3 is 2. The summed E-state index contributed by atoms with van der Waals surface area (Å²) < 4.78 is 10.4. The predicted octanol–water partition coefficient (Wildman–Crippen LogP) is 3.28. The Balaban J connectivity index is 1.70. The standard InChI is InChI=1S/C22H21N3O4/c1-28-17-8-9-18(20(13-17)29-2)25-22(27)19-12-16(10-11-23-19)21(26)24-14-15-6-4-3-5-7-15/h3-13H,14H2,1-2H3,(H,24,26)(H,25,27). The largest absolute Gasteiger partial charge is 0.497 e. The Labute approximate surface area is 168 Å². The van der Waals surface area contributed by atoms with Gasteiger partial charge >= 0.3 is 0 Å². The second-order valence-electron chi connectivity index (χ2n) is 6.12. The lowest BCUT2D eigenvalue weighted by Crippen LogP contribution is -2.23. The molecule has 3 aromatic rings. The molecule has 0 aliphatic heterocycles. The molecule has 2 amide bonds. The van der Waals surface area contributed by atoms with Gasteiger partial charge in [0.15, 0.2) is 0 Å². The second kappa shape index (κ2) is 9.36. The molecular weight excluding hydrogens is 370 g/mol. The second-order valence-corrected chi connectivity index (χ2v) is 6.12. The first-order chi connectivity index (χ1) is 14.1. The SMILES string of the molecule is COc1ccc(NC(=O)c2cc(C(=O)NCc3ccccc3)ccn2)c(OC)c1. The summed E-state index contributed by atoms with van der Waals surface area (Å²) >= 11 is 0.